The largest absolute Gasteiger partial charge is 0.369 e. The molecule has 0 aromatic heterocycles. The molecule has 0 spiro atoms. The zero-order valence-corrected chi connectivity index (χ0v) is 11.4. The standard InChI is InChI=1S/C14H21N3O/c1-15(2)14(18)12-4-6-13(7-5-12)17-10-8-16(3)9-11-17/h4-7H,8-11H2,1-3H3. The molecule has 1 heterocycles. The van der Waals surface area contributed by atoms with E-state index in [0.29, 0.717) is 0 Å². The molecule has 0 radical (unpaired) electrons. The normalized spacial score (nSPS) is 16.7. The van der Waals surface area contributed by atoms with Gasteiger partial charge in [0, 0.05) is 51.5 Å². The van der Waals surface area contributed by atoms with Crippen molar-refractivity contribution < 1.29 is 4.79 Å². The Bertz CT molecular complexity index is 406. The van der Waals surface area contributed by atoms with Crippen LogP contribution in [0, 0.1) is 0 Å². The van der Waals surface area contributed by atoms with Crippen molar-refractivity contribution in [2.75, 3.05) is 52.2 Å². The predicted octanol–water partition coefficient (Wildman–Crippen LogP) is 1.14. The highest BCUT2D eigenvalue weighted by Gasteiger charge is 2.14. The summed E-state index contributed by atoms with van der Waals surface area (Å²) in [5.74, 6) is 0.0555. The SMILES string of the molecule is CN1CCN(c2ccc(C(=O)N(C)C)cc2)CC1. The Morgan fingerprint density at radius 3 is 2.11 bits per heavy atom. The second-order valence-corrected chi connectivity index (χ2v) is 5.04. The second kappa shape index (κ2) is 5.40. The van der Waals surface area contributed by atoms with Crippen molar-refractivity contribution in [3.05, 3.63) is 29.8 Å². The number of nitrogens with zero attached hydrogens (tertiary/aromatic N) is 3. The summed E-state index contributed by atoms with van der Waals surface area (Å²) in [7, 11) is 5.70. The van der Waals surface area contributed by atoms with Crippen molar-refractivity contribution in [1.29, 1.82) is 0 Å². The monoisotopic (exact) mass is 247 g/mol. The molecule has 0 aliphatic carbocycles. The van der Waals surface area contributed by atoms with Crippen LogP contribution in [0.4, 0.5) is 5.69 Å². The molecule has 0 unspecified atom stereocenters. The number of rotatable bonds is 2. The number of benzene rings is 1. The topological polar surface area (TPSA) is 26.8 Å². The first-order chi connectivity index (χ1) is 8.58. The molecule has 0 atom stereocenters. The Hall–Kier alpha value is -1.55. The fourth-order valence-corrected chi connectivity index (χ4v) is 2.14. The lowest BCUT2D eigenvalue weighted by atomic mass is 10.1. The molecule has 1 aromatic carbocycles. The van der Waals surface area contributed by atoms with Crippen LogP contribution in [0.2, 0.25) is 0 Å². The summed E-state index contributed by atoms with van der Waals surface area (Å²) < 4.78 is 0. The van der Waals surface area contributed by atoms with Gasteiger partial charge < -0.3 is 14.7 Å². The van der Waals surface area contributed by atoms with Gasteiger partial charge in [-0.15, -0.1) is 0 Å². The molecule has 1 aromatic rings. The van der Waals surface area contributed by atoms with Gasteiger partial charge in [-0.1, -0.05) is 0 Å². The molecule has 4 heteroatoms. The van der Waals surface area contributed by atoms with Crippen molar-refractivity contribution in [2.45, 2.75) is 0 Å². The fraction of sp³-hybridized carbons (Fsp3) is 0.500. The maximum absolute atomic E-state index is 11.8. The van der Waals surface area contributed by atoms with Crippen LogP contribution in [-0.2, 0) is 0 Å². The molecule has 0 bridgehead atoms. The van der Waals surface area contributed by atoms with E-state index in [1.165, 1.54) is 5.69 Å². The smallest absolute Gasteiger partial charge is 0.253 e. The zero-order chi connectivity index (χ0) is 13.1. The minimum absolute atomic E-state index is 0.0555. The third-order valence-electron chi connectivity index (χ3n) is 3.39. The van der Waals surface area contributed by atoms with E-state index < -0.39 is 0 Å². The van der Waals surface area contributed by atoms with Gasteiger partial charge in [-0.3, -0.25) is 4.79 Å². The van der Waals surface area contributed by atoms with E-state index in [9.17, 15) is 4.79 Å². The van der Waals surface area contributed by atoms with E-state index >= 15 is 0 Å². The van der Waals surface area contributed by atoms with Gasteiger partial charge in [0.2, 0.25) is 0 Å². The van der Waals surface area contributed by atoms with Gasteiger partial charge in [0.15, 0.2) is 0 Å². The quantitative estimate of drug-likeness (QED) is 0.784. The number of hydrogen-bond acceptors (Lipinski definition) is 3. The molecular weight excluding hydrogens is 226 g/mol. The first-order valence-electron chi connectivity index (χ1n) is 6.33. The Morgan fingerprint density at radius 2 is 1.61 bits per heavy atom. The summed E-state index contributed by atoms with van der Waals surface area (Å²) in [6.07, 6.45) is 0. The fourth-order valence-electron chi connectivity index (χ4n) is 2.14. The Kier molecular flexibility index (Phi) is 3.87. The molecule has 1 aliphatic heterocycles. The number of piperazine rings is 1. The van der Waals surface area contributed by atoms with E-state index in [1.807, 2.05) is 24.3 Å². The van der Waals surface area contributed by atoms with Crippen molar-refractivity contribution in [2.24, 2.45) is 0 Å². The van der Waals surface area contributed by atoms with E-state index in [4.69, 9.17) is 0 Å². The second-order valence-electron chi connectivity index (χ2n) is 5.04. The Labute approximate surface area is 109 Å². The molecule has 2 rings (SSSR count). The summed E-state index contributed by atoms with van der Waals surface area (Å²) in [4.78, 5) is 18.1. The van der Waals surface area contributed by atoms with Crippen molar-refractivity contribution in [3.8, 4) is 0 Å². The van der Waals surface area contributed by atoms with E-state index in [-0.39, 0.29) is 5.91 Å². The first-order valence-corrected chi connectivity index (χ1v) is 6.33. The van der Waals surface area contributed by atoms with Crippen LogP contribution < -0.4 is 4.90 Å². The minimum atomic E-state index is 0.0555. The molecule has 1 fully saturated rings. The number of hydrogen-bond donors (Lipinski definition) is 0. The van der Waals surface area contributed by atoms with Gasteiger partial charge in [-0.05, 0) is 31.3 Å². The highest BCUT2D eigenvalue weighted by molar-refractivity contribution is 5.94. The van der Waals surface area contributed by atoms with E-state index in [0.717, 1.165) is 31.7 Å². The van der Waals surface area contributed by atoms with Crippen LogP contribution in [0.25, 0.3) is 0 Å². The first kappa shape index (κ1) is 12.9. The average molecular weight is 247 g/mol. The molecule has 0 N–H and O–H groups in total. The average Bonchev–Trinajstić information content (AvgIpc) is 2.39. The third-order valence-corrected chi connectivity index (χ3v) is 3.39. The number of carbonyl (C=O) groups excluding carboxylic acids is 1. The van der Waals surface area contributed by atoms with Crippen LogP contribution in [0.3, 0.4) is 0 Å². The lowest BCUT2D eigenvalue weighted by molar-refractivity contribution is 0.0827. The summed E-state index contributed by atoms with van der Waals surface area (Å²) in [5.41, 5.74) is 1.95. The molecule has 4 nitrogen and oxygen atoms in total. The molecule has 0 saturated carbocycles. The molecule has 18 heavy (non-hydrogen) atoms. The summed E-state index contributed by atoms with van der Waals surface area (Å²) in [5, 5.41) is 0. The number of carbonyl (C=O) groups is 1. The van der Waals surface area contributed by atoms with Crippen molar-refractivity contribution in [3.63, 3.8) is 0 Å². The Balaban J connectivity index is 2.06. The maximum Gasteiger partial charge on any atom is 0.253 e. The van der Waals surface area contributed by atoms with Gasteiger partial charge in [0.1, 0.15) is 0 Å². The van der Waals surface area contributed by atoms with Crippen LogP contribution in [0.5, 0.6) is 0 Å². The van der Waals surface area contributed by atoms with Crippen molar-refractivity contribution in [1.82, 2.24) is 9.80 Å². The number of amides is 1. The third kappa shape index (κ3) is 2.82. The zero-order valence-electron chi connectivity index (χ0n) is 11.4. The van der Waals surface area contributed by atoms with E-state index in [2.05, 4.69) is 16.8 Å². The van der Waals surface area contributed by atoms with Crippen LogP contribution in [0.15, 0.2) is 24.3 Å². The van der Waals surface area contributed by atoms with Gasteiger partial charge >= 0.3 is 0 Å². The maximum atomic E-state index is 11.8. The van der Waals surface area contributed by atoms with Crippen LogP contribution in [0.1, 0.15) is 10.4 Å². The highest BCUT2D eigenvalue weighted by Crippen LogP contribution is 2.17. The highest BCUT2D eigenvalue weighted by atomic mass is 16.2. The number of anilines is 1. The minimum Gasteiger partial charge on any atom is -0.369 e. The van der Waals surface area contributed by atoms with Crippen LogP contribution in [-0.4, -0.2) is 63.0 Å². The van der Waals surface area contributed by atoms with E-state index in [1.54, 1.807) is 19.0 Å². The number of likely N-dealkylation sites (N-methyl/N-ethyl adjacent to an activating group) is 1. The molecule has 98 valence electrons. The lowest BCUT2D eigenvalue weighted by Gasteiger charge is -2.34. The summed E-state index contributed by atoms with van der Waals surface area (Å²) in [6.45, 7) is 4.30. The van der Waals surface area contributed by atoms with Gasteiger partial charge in [0.05, 0.1) is 0 Å². The summed E-state index contributed by atoms with van der Waals surface area (Å²) in [6, 6.07) is 7.91. The van der Waals surface area contributed by atoms with Crippen LogP contribution >= 0.6 is 0 Å². The molecule has 1 saturated heterocycles. The molecular formula is C14H21N3O. The molecule has 1 aliphatic rings. The Morgan fingerprint density at radius 1 is 1.06 bits per heavy atom. The predicted molar refractivity (Wildman–Crippen MR) is 74.2 cm³/mol. The van der Waals surface area contributed by atoms with Gasteiger partial charge in [0.25, 0.3) is 5.91 Å². The lowest BCUT2D eigenvalue weighted by Crippen LogP contribution is -2.44. The van der Waals surface area contributed by atoms with Gasteiger partial charge in [-0.25, -0.2) is 0 Å². The van der Waals surface area contributed by atoms with Gasteiger partial charge in [-0.2, -0.15) is 0 Å². The molecule has 1 amide bonds. The van der Waals surface area contributed by atoms with Crippen molar-refractivity contribution >= 4 is 11.6 Å². The summed E-state index contributed by atoms with van der Waals surface area (Å²) >= 11 is 0.